The minimum absolute atomic E-state index is 0.354. The van der Waals surface area contributed by atoms with Gasteiger partial charge in [-0.15, -0.1) is 0 Å². The van der Waals surface area contributed by atoms with Gasteiger partial charge in [-0.25, -0.2) is 4.79 Å². The fraction of sp³-hybridized carbons (Fsp3) is 0.500. The lowest BCUT2D eigenvalue weighted by Crippen LogP contribution is -2.32. The topological polar surface area (TPSA) is 43.8 Å². The molecule has 1 saturated heterocycles. The van der Waals surface area contributed by atoms with Crippen molar-refractivity contribution in [2.75, 3.05) is 38.1 Å². The number of carboxylic acids is 1. The Kier molecular flexibility index (Phi) is 4.82. The van der Waals surface area contributed by atoms with Crippen LogP contribution in [0.5, 0.6) is 0 Å². The first-order valence-electron chi connectivity index (χ1n) is 6.54. The van der Waals surface area contributed by atoms with Gasteiger partial charge in [0, 0.05) is 24.6 Å². The van der Waals surface area contributed by atoms with Crippen LogP contribution in [-0.4, -0.2) is 49.2 Å². The Balaban J connectivity index is 2.06. The van der Waals surface area contributed by atoms with E-state index in [0.29, 0.717) is 5.56 Å². The number of carbonyl (C=O) groups is 1. The van der Waals surface area contributed by atoms with Crippen LogP contribution in [-0.2, 0) is 0 Å². The van der Waals surface area contributed by atoms with E-state index in [1.54, 1.807) is 12.1 Å². The van der Waals surface area contributed by atoms with E-state index in [0.717, 1.165) is 36.3 Å². The van der Waals surface area contributed by atoms with Crippen molar-refractivity contribution in [2.24, 2.45) is 0 Å². The van der Waals surface area contributed by atoms with Crippen LogP contribution in [0.15, 0.2) is 22.7 Å². The quantitative estimate of drug-likeness (QED) is 0.903. The lowest BCUT2D eigenvalue weighted by molar-refractivity contribution is 0.0697. The molecular formula is C14H19BrN2O2. The molecule has 0 amide bonds. The molecule has 0 aliphatic carbocycles. The van der Waals surface area contributed by atoms with Crippen LogP contribution < -0.4 is 4.90 Å². The van der Waals surface area contributed by atoms with Gasteiger partial charge in [0.1, 0.15) is 0 Å². The van der Waals surface area contributed by atoms with E-state index in [-0.39, 0.29) is 0 Å². The molecule has 2 rings (SSSR count). The van der Waals surface area contributed by atoms with E-state index < -0.39 is 5.97 Å². The summed E-state index contributed by atoms with van der Waals surface area (Å²) in [5, 5.41) is 9.23. The van der Waals surface area contributed by atoms with Gasteiger partial charge in [0.15, 0.2) is 0 Å². The van der Waals surface area contributed by atoms with E-state index in [1.165, 1.54) is 12.8 Å². The molecular weight excluding hydrogens is 308 g/mol. The largest absolute Gasteiger partial charge is 0.478 e. The maximum atomic E-state index is 11.2. The van der Waals surface area contributed by atoms with Gasteiger partial charge in [0.2, 0.25) is 0 Å². The number of rotatable bonds is 5. The van der Waals surface area contributed by atoms with Crippen LogP contribution in [0.4, 0.5) is 5.69 Å². The van der Waals surface area contributed by atoms with Gasteiger partial charge in [-0.05, 0) is 44.1 Å². The van der Waals surface area contributed by atoms with Gasteiger partial charge in [-0.1, -0.05) is 15.9 Å². The lowest BCUT2D eigenvalue weighted by atomic mass is 10.1. The summed E-state index contributed by atoms with van der Waals surface area (Å²) in [5.41, 5.74) is 1.12. The molecule has 1 aromatic rings. The van der Waals surface area contributed by atoms with Crippen LogP contribution in [0.3, 0.4) is 0 Å². The molecule has 1 heterocycles. The molecule has 104 valence electrons. The highest BCUT2D eigenvalue weighted by Crippen LogP contribution is 2.24. The molecule has 0 atom stereocenters. The fourth-order valence-electron chi connectivity index (χ4n) is 2.42. The summed E-state index contributed by atoms with van der Waals surface area (Å²) in [6.45, 7) is 4.16. The number of carboxylic acid groups (broad SMARTS) is 1. The molecule has 1 aromatic carbocycles. The van der Waals surface area contributed by atoms with Gasteiger partial charge in [0.05, 0.1) is 11.3 Å². The van der Waals surface area contributed by atoms with E-state index in [2.05, 4.69) is 20.8 Å². The zero-order valence-electron chi connectivity index (χ0n) is 11.1. The van der Waals surface area contributed by atoms with Gasteiger partial charge in [-0.2, -0.15) is 0 Å². The minimum Gasteiger partial charge on any atom is -0.478 e. The maximum Gasteiger partial charge on any atom is 0.337 e. The Labute approximate surface area is 122 Å². The standard InChI is InChI=1S/C14H19BrN2O2/c1-16(8-9-17-6-2-3-7-17)13-10-11(15)4-5-12(13)14(18)19/h4-5,10H,2-3,6-9H2,1H3,(H,18,19). The number of halogens is 1. The molecule has 1 aliphatic rings. The molecule has 19 heavy (non-hydrogen) atoms. The average molecular weight is 327 g/mol. The van der Waals surface area contributed by atoms with Crippen LogP contribution >= 0.6 is 15.9 Å². The Morgan fingerprint density at radius 2 is 2.11 bits per heavy atom. The predicted molar refractivity (Wildman–Crippen MR) is 80.0 cm³/mol. The molecule has 0 saturated carbocycles. The molecule has 4 nitrogen and oxygen atoms in total. The monoisotopic (exact) mass is 326 g/mol. The van der Waals surface area contributed by atoms with Crippen molar-refractivity contribution in [3.05, 3.63) is 28.2 Å². The number of anilines is 1. The Morgan fingerprint density at radius 3 is 2.74 bits per heavy atom. The lowest BCUT2D eigenvalue weighted by Gasteiger charge is -2.24. The Morgan fingerprint density at radius 1 is 1.42 bits per heavy atom. The summed E-state index contributed by atoms with van der Waals surface area (Å²) in [4.78, 5) is 15.7. The van der Waals surface area contributed by atoms with Crippen molar-refractivity contribution in [1.29, 1.82) is 0 Å². The average Bonchev–Trinajstić information content (AvgIpc) is 2.88. The highest BCUT2D eigenvalue weighted by molar-refractivity contribution is 9.10. The highest BCUT2D eigenvalue weighted by atomic mass is 79.9. The molecule has 1 aliphatic heterocycles. The summed E-state index contributed by atoms with van der Waals surface area (Å²) >= 11 is 3.40. The summed E-state index contributed by atoms with van der Waals surface area (Å²) in [5.74, 6) is -0.879. The van der Waals surface area contributed by atoms with Crippen molar-refractivity contribution in [3.63, 3.8) is 0 Å². The first-order valence-corrected chi connectivity index (χ1v) is 7.33. The SMILES string of the molecule is CN(CCN1CCCC1)c1cc(Br)ccc1C(=O)O. The van der Waals surface area contributed by atoms with E-state index >= 15 is 0 Å². The zero-order valence-corrected chi connectivity index (χ0v) is 12.7. The first kappa shape index (κ1) is 14.3. The maximum absolute atomic E-state index is 11.2. The molecule has 0 unspecified atom stereocenters. The second kappa shape index (κ2) is 6.39. The van der Waals surface area contributed by atoms with E-state index in [1.807, 2.05) is 18.0 Å². The molecule has 0 radical (unpaired) electrons. The van der Waals surface area contributed by atoms with Crippen LogP contribution in [0.2, 0.25) is 0 Å². The van der Waals surface area contributed by atoms with Crippen molar-refractivity contribution < 1.29 is 9.90 Å². The smallest absolute Gasteiger partial charge is 0.337 e. The van der Waals surface area contributed by atoms with Gasteiger partial charge < -0.3 is 14.9 Å². The second-order valence-corrected chi connectivity index (χ2v) is 5.85. The molecule has 1 fully saturated rings. The number of hydrogen-bond donors (Lipinski definition) is 1. The summed E-state index contributed by atoms with van der Waals surface area (Å²) in [7, 11) is 1.95. The number of likely N-dealkylation sites (tertiary alicyclic amines) is 1. The number of nitrogens with zero attached hydrogens (tertiary/aromatic N) is 2. The third kappa shape index (κ3) is 3.70. The molecule has 1 N–H and O–H groups in total. The minimum atomic E-state index is -0.879. The van der Waals surface area contributed by atoms with E-state index in [9.17, 15) is 9.90 Å². The second-order valence-electron chi connectivity index (χ2n) is 4.94. The third-order valence-corrected chi connectivity index (χ3v) is 4.05. The number of benzene rings is 1. The summed E-state index contributed by atoms with van der Waals surface area (Å²) in [6.07, 6.45) is 2.56. The highest BCUT2D eigenvalue weighted by Gasteiger charge is 2.16. The predicted octanol–water partition coefficient (Wildman–Crippen LogP) is 2.68. The van der Waals surface area contributed by atoms with E-state index in [4.69, 9.17) is 0 Å². The van der Waals surface area contributed by atoms with Crippen molar-refractivity contribution in [3.8, 4) is 0 Å². The molecule has 0 aromatic heterocycles. The Hall–Kier alpha value is -1.07. The van der Waals surface area contributed by atoms with Crippen molar-refractivity contribution >= 4 is 27.6 Å². The van der Waals surface area contributed by atoms with Gasteiger partial charge in [0.25, 0.3) is 0 Å². The third-order valence-electron chi connectivity index (χ3n) is 3.55. The molecule has 0 spiro atoms. The number of likely N-dealkylation sites (N-methyl/N-ethyl adjacent to an activating group) is 1. The van der Waals surface area contributed by atoms with Crippen LogP contribution in [0, 0.1) is 0 Å². The van der Waals surface area contributed by atoms with Crippen LogP contribution in [0.1, 0.15) is 23.2 Å². The summed E-state index contributed by atoms with van der Waals surface area (Å²) < 4.78 is 0.903. The number of aromatic carboxylic acids is 1. The van der Waals surface area contributed by atoms with Gasteiger partial charge in [-0.3, -0.25) is 0 Å². The van der Waals surface area contributed by atoms with Crippen molar-refractivity contribution in [1.82, 2.24) is 4.90 Å². The number of hydrogen-bond acceptors (Lipinski definition) is 3. The summed E-state index contributed by atoms with van der Waals surface area (Å²) in [6, 6.07) is 5.28. The van der Waals surface area contributed by atoms with Crippen LogP contribution in [0.25, 0.3) is 0 Å². The Bertz CT molecular complexity index is 459. The first-order chi connectivity index (χ1) is 9.08. The normalized spacial score (nSPS) is 15.7. The van der Waals surface area contributed by atoms with Gasteiger partial charge >= 0.3 is 5.97 Å². The zero-order chi connectivity index (χ0) is 13.8. The van der Waals surface area contributed by atoms with Crippen molar-refractivity contribution in [2.45, 2.75) is 12.8 Å². The molecule has 0 bridgehead atoms. The molecule has 5 heteroatoms. The fourth-order valence-corrected chi connectivity index (χ4v) is 2.77.